The zero-order chi connectivity index (χ0) is 19.2. The number of ether oxygens (including phenoxy) is 3. The zero-order valence-corrected chi connectivity index (χ0v) is 16.2. The maximum absolute atomic E-state index is 12.8. The van der Waals surface area contributed by atoms with Gasteiger partial charge in [-0.1, -0.05) is 19.4 Å². The monoisotopic (exact) mass is 365 g/mol. The first-order chi connectivity index (χ1) is 12.6. The van der Waals surface area contributed by atoms with Gasteiger partial charge in [-0.3, -0.25) is 9.59 Å². The number of methoxy groups -OCH3 is 1. The molecule has 0 fully saturated rings. The fourth-order valence-electron chi connectivity index (χ4n) is 2.42. The highest BCUT2D eigenvalue weighted by Crippen LogP contribution is 2.15. The SMILES string of the molecule is CCCCOCCCN(CCC(=O)OCC)C(=O)c1cccc(OC)c1. The van der Waals surface area contributed by atoms with Gasteiger partial charge in [0.1, 0.15) is 5.75 Å². The summed E-state index contributed by atoms with van der Waals surface area (Å²) >= 11 is 0. The van der Waals surface area contributed by atoms with Crippen LogP contribution in [0.4, 0.5) is 0 Å². The van der Waals surface area contributed by atoms with Gasteiger partial charge in [0.25, 0.3) is 5.91 Å². The lowest BCUT2D eigenvalue weighted by molar-refractivity contribution is -0.143. The molecule has 26 heavy (non-hydrogen) atoms. The third kappa shape index (κ3) is 8.34. The van der Waals surface area contributed by atoms with Gasteiger partial charge in [-0.05, 0) is 38.0 Å². The molecule has 0 aliphatic rings. The van der Waals surface area contributed by atoms with Crippen molar-refractivity contribution in [3.63, 3.8) is 0 Å². The lowest BCUT2D eigenvalue weighted by Crippen LogP contribution is -2.34. The highest BCUT2D eigenvalue weighted by Gasteiger charge is 2.17. The van der Waals surface area contributed by atoms with Gasteiger partial charge >= 0.3 is 5.97 Å². The van der Waals surface area contributed by atoms with Gasteiger partial charge in [-0.25, -0.2) is 0 Å². The average Bonchev–Trinajstić information content (AvgIpc) is 2.66. The van der Waals surface area contributed by atoms with Crippen molar-refractivity contribution >= 4 is 11.9 Å². The zero-order valence-electron chi connectivity index (χ0n) is 16.2. The van der Waals surface area contributed by atoms with Crippen molar-refractivity contribution < 1.29 is 23.8 Å². The molecule has 0 spiro atoms. The van der Waals surface area contributed by atoms with Crippen LogP contribution in [0.15, 0.2) is 24.3 Å². The standard InChI is InChI=1S/C20H31NO5/c1-4-6-14-25-15-8-12-21(13-11-19(22)26-5-2)20(23)17-9-7-10-18(16-17)24-3/h7,9-10,16H,4-6,8,11-15H2,1-3H3. The molecule has 0 atom stereocenters. The Balaban J connectivity index is 2.65. The van der Waals surface area contributed by atoms with E-state index in [1.165, 1.54) is 0 Å². The Morgan fingerprint density at radius 3 is 2.54 bits per heavy atom. The van der Waals surface area contributed by atoms with E-state index in [9.17, 15) is 9.59 Å². The molecule has 146 valence electrons. The lowest BCUT2D eigenvalue weighted by Gasteiger charge is -2.22. The Bertz CT molecular complexity index is 547. The molecular weight excluding hydrogens is 334 g/mol. The third-order valence-corrected chi connectivity index (χ3v) is 3.85. The van der Waals surface area contributed by atoms with Gasteiger partial charge in [0.05, 0.1) is 20.1 Å². The number of carbonyl (C=O) groups is 2. The maximum atomic E-state index is 12.8. The molecule has 6 nitrogen and oxygen atoms in total. The number of esters is 1. The van der Waals surface area contributed by atoms with Gasteiger partial charge in [0, 0.05) is 31.9 Å². The predicted molar refractivity (Wildman–Crippen MR) is 100 cm³/mol. The van der Waals surface area contributed by atoms with E-state index in [2.05, 4.69) is 6.92 Å². The number of unbranched alkanes of at least 4 members (excludes halogenated alkanes) is 1. The van der Waals surface area contributed by atoms with Crippen molar-refractivity contribution in [2.75, 3.05) is 40.0 Å². The van der Waals surface area contributed by atoms with Gasteiger partial charge in [0.15, 0.2) is 0 Å². The molecule has 0 aliphatic carbocycles. The number of rotatable bonds is 13. The van der Waals surface area contributed by atoms with Crippen molar-refractivity contribution in [3.8, 4) is 5.75 Å². The predicted octanol–water partition coefficient (Wildman–Crippen LogP) is 3.30. The van der Waals surface area contributed by atoms with Crippen LogP contribution in [0.2, 0.25) is 0 Å². The molecule has 0 N–H and O–H groups in total. The highest BCUT2D eigenvalue weighted by atomic mass is 16.5. The second-order valence-corrected chi connectivity index (χ2v) is 5.90. The van der Waals surface area contributed by atoms with E-state index in [0.717, 1.165) is 25.9 Å². The lowest BCUT2D eigenvalue weighted by atomic mass is 10.1. The Morgan fingerprint density at radius 1 is 1.08 bits per heavy atom. The van der Waals surface area contributed by atoms with Crippen LogP contribution < -0.4 is 4.74 Å². The van der Waals surface area contributed by atoms with E-state index in [1.54, 1.807) is 43.2 Å². The summed E-state index contributed by atoms with van der Waals surface area (Å²) in [6.07, 6.45) is 3.04. The summed E-state index contributed by atoms with van der Waals surface area (Å²) in [5.74, 6) is 0.209. The summed E-state index contributed by atoms with van der Waals surface area (Å²) in [5.41, 5.74) is 0.542. The minimum atomic E-state index is -0.296. The molecule has 1 amide bonds. The molecule has 1 aromatic carbocycles. The highest BCUT2D eigenvalue weighted by molar-refractivity contribution is 5.94. The topological polar surface area (TPSA) is 65.1 Å². The number of hydrogen-bond acceptors (Lipinski definition) is 5. The Hall–Kier alpha value is -2.08. The van der Waals surface area contributed by atoms with Crippen LogP contribution in [0.25, 0.3) is 0 Å². The first kappa shape index (κ1) is 22.0. The van der Waals surface area contributed by atoms with Crippen LogP contribution in [0.1, 0.15) is 49.9 Å². The van der Waals surface area contributed by atoms with Crippen LogP contribution in [0, 0.1) is 0 Å². The van der Waals surface area contributed by atoms with E-state index in [0.29, 0.717) is 37.6 Å². The summed E-state index contributed by atoms with van der Waals surface area (Å²) in [4.78, 5) is 26.2. The first-order valence-corrected chi connectivity index (χ1v) is 9.29. The normalized spacial score (nSPS) is 10.4. The summed E-state index contributed by atoms with van der Waals surface area (Å²) in [6, 6.07) is 7.03. The van der Waals surface area contributed by atoms with Crippen LogP contribution in [0.3, 0.4) is 0 Å². The van der Waals surface area contributed by atoms with E-state index in [-0.39, 0.29) is 18.3 Å². The molecule has 0 unspecified atom stereocenters. The van der Waals surface area contributed by atoms with Crippen LogP contribution in [-0.4, -0.2) is 56.8 Å². The number of benzene rings is 1. The molecule has 1 rings (SSSR count). The van der Waals surface area contributed by atoms with Gasteiger partial charge < -0.3 is 19.1 Å². The smallest absolute Gasteiger partial charge is 0.307 e. The van der Waals surface area contributed by atoms with Gasteiger partial charge in [-0.15, -0.1) is 0 Å². The summed E-state index contributed by atoms with van der Waals surface area (Å²) < 4.78 is 15.7. The Labute approximate surface area is 156 Å². The second-order valence-electron chi connectivity index (χ2n) is 5.90. The minimum absolute atomic E-state index is 0.123. The summed E-state index contributed by atoms with van der Waals surface area (Å²) in [5, 5.41) is 0. The largest absolute Gasteiger partial charge is 0.497 e. The number of amides is 1. The molecule has 0 heterocycles. The van der Waals surface area contributed by atoms with Crippen molar-refractivity contribution in [2.24, 2.45) is 0 Å². The molecular formula is C20H31NO5. The molecule has 0 saturated carbocycles. The quantitative estimate of drug-likeness (QED) is 0.396. The van der Waals surface area contributed by atoms with Gasteiger partial charge in [0.2, 0.25) is 0 Å². The van der Waals surface area contributed by atoms with Crippen molar-refractivity contribution in [3.05, 3.63) is 29.8 Å². The average molecular weight is 365 g/mol. The third-order valence-electron chi connectivity index (χ3n) is 3.85. The molecule has 0 aliphatic heterocycles. The molecule has 0 saturated heterocycles. The van der Waals surface area contributed by atoms with E-state index in [1.807, 2.05) is 0 Å². The number of carbonyl (C=O) groups excluding carboxylic acids is 2. The second kappa shape index (κ2) is 13.2. The Kier molecular flexibility index (Phi) is 11.1. The summed E-state index contributed by atoms with van der Waals surface area (Å²) in [7, 11) is 1.57. The molecule has 1 aromatic rings. The van der Waals surface area contributed by atoms with E-state index in [4.69, 9.17) is 14.2 Å². The van der Waals surface area contributed by atoms with Crippen molar-refractivity contribution in [1.82, 2.24) is 4.90 Å². The fourth-order valence-corrected chi connectivity index (χ4v) is 2.42. The molecule has 0 bridgehead atoms. The first-order valence-electron chi connectivity index (χ1n) is 9.29. The van der Waals surface area contributed by atoms with Crippen LogP contribution >= 0.6 is 0 Å². The number of nitrogens with zero attached hydrogens (tertiary/aromatic N) is 1. The van der Waals surface area contributed by atoms with Crippen molar-refractivity contribution in [1.29, 1.82) is 0 Å². The van der Waals surface area contributed by atoms with E-state index >= 15 is 0 Å². The summed E-state index contributed by atoms with van der Waals surface area (Å²) in [6.45, 7) is 6.42. The maximum Gasteiger partial charge on any atom is 0.307 e. The molecule has 0 aromatic heterocycles. The molecule has 6 heteroatoms. The van der Waals surface area contributed by atoms with Crippen LogP contribution in [0.5, 0.6) is 5.75 Å². The fraction of sp³-hybridized carbons (Fsp3) is 0.600. The van der Waals surface area contributed by atoms with E-state index < -0.39 is 0 Å². The van der Waals surface area contributed by atoms with Crippen LogP contribution in [-0.2, 0) is 14.3 Å². The Morgan fingerprint density at radius 2 is 1.85 bits per heavy atom. The molecule has 0 radical (unpaired) electrons. The van der Waals surface area contributed by atoms with Crippen molar-refractivity contribution in [2.45, 2.75) is 39.5 Å². The van der Waals surface area contributed by atoms with Gasteiger partial charge in [-0.2, -0.15) is 0 Å². The minimum Gasteiger partial charge on any atom is -0.497 e. The number of hydrogen-bond donors (Lipinski definition) is 0.